The Morgan fingerprint density at radius 1 is 0.900 bits per heavy atom. The van der Waals surface area contributed by atoms with Gasteiger partial charge in [0.05, 0.1) is 42.3 Å². The van der Waals surface area contributed by atoms with Gasteiger partial charge in [0.15, 0.2) is 29.9 Å². The molecule has 19 heteroatoms. The van der Waals surface area contributed by atoms with Crippen molar-refractivity contribution in [2.75, 3.05) is 13.2 Å². The zero-order valence-corrected chi connectivity index (χ0v) is 40.4. The van der Waals surface area contributed by atoms with E-state index in [2.05, 4.69) is 5.32 Å². The molecule has 2 aliphatic heterocycles. The normalized spacial score (nSPS) is 35.1. The lowest BCUT2D eigenvalue weighted by Crippen LogP contribution is -2.82. The molecule has 5 aliphatic rings. The highest BCUT2D eigenvalue weighted by molar-refractivity contribution is 5.95. The summed E-state index contributed by atoms with van der Waals surface area (Å²) in [5.41, 5.74) is -7.84. The number of nitrogens with one attached hydrogen (secondary N) is 1. The molecule has 3 aliphatic carbocycles. The van der Waals surface area contributed by atoms with Crippen LogP contribution in [0.3, 0.4) is 0 Å². The fraction of sp³-hybridized carbons (Fsp3) is 0.608. The number of benzene rings is 2. The third kappa shape index (κ3) is 9.30. The Hall–Kier alpha value is -5.12. The lowest BCUT2D eigenvalue weighted by molar-refractivity contribution is -0.358. The Labute approximate surface area is 405 Å². The smallest absolute Gasteiger partial charge is 0.338 e. The molecule has 2 aromatic carbocycles. The molecule has 0 radical (unpaired) electrons. The molecule has 382 valence electrons. The van der Waals surface area contributed by atoms with Crippen molar-refractivity contribution in [1.29, 1.82) is 0 Å². The molecule has 70 heavy (non-hydrogen) atoms. The van der Waals surface area contributed by atoms with Gasteiger partial charge in [-0.3, -0.25) is 19.2 Å². The molecule has 19 nitrogen and oxygen atoms in total. The van der Waals surface area contributed by atoms with E-state index in [9.17, 15) is 49.5 Å². The van der Waals surface area contributed by atoms with Crippen molar-refractivity contribution < 1.29 is 87.5 Å². The maximum Gasteiger partial charge on any atom is 0.338 e. The van der Waals surface area contributed by atoms with E-state index in [-0.39, 0.29) is 29.6 Å². The summed E-state index contributed by atoms with van der Waals surface area (Å²) in [6.45, 7) is 9.06. The fourth-order valence-corrected chi connectivity index (χ4v) is 11.5. The fourth-order valence-electron chi connectivity index (χ4n) is 11.5. The van der Waals surface area contributed by atoms with Gasteiger partial charge in [0.1, 0.15) is 42.2 Å². The van der Waals surface area contributed by atoms with Crippen LogP contribution in [0.25, 0.3) is 0 Å². The predicted molar refractivity (Wildman–Crippen MR) is 243 cm³/mol. The summed E-state index contributed by atoms with van der Waals surface area (Å²) in [6, 6.07) is 14.7. The summed E-state index contributed by atoms with van der Waals surface area (Å²) in [6.07, 6.45) is -15.0. The van der Waals surface area contributed by atoms with E-state index in [1.54, 1.807) is 48.5 Å². The predicted octanol–water partition coefficient (Wildman–Crippen LogP) is 2.47. The minimum absolute atomic E-state index is 0.0207. The van der Waals surface area contributed by atoms with Gasteiger partial charge in [0.2, 0.25) is 5.91 Å². The molecule has 2 bridgehead atoms. The number of hydrogen-bond donors (Lipinski definition) is 6. The number of hydrogen-bond acceptors (Lipinski definition) is 18. The molecule has 0 spiro atoms. The minimum Gasteiger partial charge on any atom is -0.456 e. The van der Waals surface area contributed by atoms with E-state index in [1.165, 1.54) is 39.8 Å². The Balaban J connectivity index is 1.42. The number of aliphatic hydroxyl groups is 5. The van der Waals surface area contributed by atoms with Gasteiger partial charge in [-0.1, -0.05) is 82.1 Å². The average molecular weight is 980 g/mol. The van der Waals surface area contributed by atoms with Crippen molar-refractivity contribution in [3.8, 4) is 0 Å². The van der Waals surface area contributed by atoms with Crippen molar-refractivity contribution in [3.63, 3.8) is 0 Å². The molecule has 0 aromatic heterocycles. The third-order valence-electron chi connectivity index (χ3n) is 15.2. The van der Waals surface area contributed by atoms with E-state index >= 15 is 4.79 Å². The SMILES string of the molecule is CCCCCC(=O)N[C@@H](c1ccccc1)[C@@H](O)C(=O)O[C@H]1C[C@@]2(O)[C@@H](OC(=O)c3ccccc3)[C@@H]3[C@]4(OC(C)=O)CO[C@@H]4C[C@H](O[C@@H]4O[C@H](CO)[C@H](O)[C@H]4O)[C@@]3(C)C(=O)[C@H](OC(C)=O)C(=C1C)C2(C)C. The zero-order chi connectivity index (χ0) is 51.1. The molecule has 15 atom stereocenters. The van der Waals surface area contributed by atoms with Crippen molar-refractivity contribution in [1.82, 2.24) is 5.32 Å². The molecule has 2 saturated heterocycles. The van der Waals surface area contributed by atoms with Gasteiger partial charge >= 0.3 is 23.9 Å². The van der Waals surface area contributed by atoms with Crippen LogP contribution in [0.15, 0.2) is 71.8 Å². The van der Waals surface area contributed by atoms with Gasteiger partial charge in [0.25, 0.3) is 0 Å². The van der Waals surface area contributed by atoms with Crippen molar-refractivity contribution in [3.05, 3.63) is 82.9 Å². The van der Waals surface area contributed by atoms with Gasteiger partial charge in [-0.15, -0.1) is 0 Å². The van der Waals surface area contributed by atoms with Crippen LogP contribution in [0.5, 0.6) is 0 Å². The molecule has 2 saturated carbocycles. The van der Waals surface area contributed by atoms with E-state index in [0.717, 1.165) is 26.7 Å². The first-order valence-electron chi connectivity index (χ1n) is 23.8. The number of Topliss-reactive ketones (excluding diaryl/α,β-unsaturated/α-hetero) is 1. The van der Waals surface area contributed by atoms with Crippen molar-refractivity contribution in [2.24, 2.45) is 16.7 Å². The average Bonchev–Trinajstić information content (AvgIpc) is 3.59. The Morgan fingerprint density at radius 2 is 1.56 bits per heavy atom. The van der Waals surface area contributed by atoms with Crippen LogP contribution in [0.1, 0.15) is 109 Å². The molecular formula is C51H65NO18. The highest BCUT2D eigenvalue weighted by Gasteiger charge is 2.79. The van der Waals surface area contributed by atoms with E-state index in [4.69, 9.17) is 33.2 Å². The maximum absolute atomic E-state index is 16.2. The summed E-state index contributed by atoms with van der Waals surface area (Å²) in [5.74, 6) is -7.02. The Morgan fingerprint density at radius 3 is 2.13 bits per heavy atom. The quantitative estimate of drug-likeness (QED) is 0.0610. The summed E-state index contributed by atoms with van der Waals surface area (Å²) in [4.78, 5) is 85.1. The third-order valence-corrected chi connectivity index (χ3v) is 15.2. The number of esters is 4. The van der Waals surface area contributed by atoms with Crippen molar-refractivity contribution in [2.45, 2.75) is 165 Å². The number of ketones is 1. The summed E-state index contributed by atoms with van der Waals surface area (Å²) in [5, 5.41) is 60.5. The summed E-state index contributed by atoms with van der Waals surface area (Å²) in [7, 11) is 0. The topological polar surface area (TPSA) is 280 Å². The van der Waals surface area contributed by atoms with Gasteiger partial charge < -0.3 is 64.0 Å². The summed E-state index contributed by atoms with van der Waals surface area (Å²) < 4.78 is 43.2. The molecule has 6 N–H and O–H groups in total. The first-order valence-corrected chi connectivity index (χ1v) is 23.8. The first-order chi connectivity index (χ1) is 33.1. The van der Waals surface area contributed by atoms with Crippen molar-refractivity contribution >= 4 is 35.6 Å². The van der Waals surface area contributed by atoms with Gasteiger partial charge in [0, 0.05) is 38.5 Å². The number of carbonyl (C=O) groups is 6. The molecule has 7 rings (SSSR count). The van der Waals surface area contributed by atoms with E-state index < -0.39 is 150 Å². The minimum atomic E-state index is -2.49. The second kappa shape index (κ2) is 20.5. The van der Waals surface area contributed by atoms with E-state index in [0.29, 0.717) is 12.0 Å². The molecule has 4 fully saturated rings. The zero-order valence-electron chi connectivity index (χ0n) is 40.4. The Kier molecular flexibility index (Phi) is 15.5. The summed E-state index contributed by atoms with van der Waals surface area (Å²) >= 11 is 0. The number of ether oxygens (including phenoxy) is 7. The largest absolute Gasteiger partial charge is 0.456 e. The number of amides is 1. The second-order valence-corrected chi connectivity index (χ2v) is 19.9. The second-order valence-electron chi connectivity index (χ2n) is 19.9. The standard InChI is InChI=1S/C51H65NO18/c1-8-9-12-21-35(56)52-37(29-17-13-10-14-18-29)39(58)46(62)66-31-23-51(63)44(69-45(61)30-19-15-11-16-20-30)42-49(7,43(60)41(65-27(3)54)36(26(31)2)48(51,5)6)33(22-34-50(42,25-64-34)70-28(4)55)68-47-40(59)38(57)32(24-53)67-47/h10-11,13-20,31-34,37-42,44,47,53,57-59,63H,8-9,12,21-25H2,1-7H3,(H,52,56)/t31-,32+,33-,34+,37-,38-,39+,40+,41+,42-,44-,47-,49+,50-,51+/m0/s1. The molecular weight excluding hydrogens is 915 g/mol. The highest BCUT2D eigenvalue weighted by atomic mass is 16.7. The Bertz CT molecular complexity index is 2320. The lowest BCUT2D eigenvalue weighted by atomic mass is 9.44. The van der Waals surface area contributed by atoms with Crippen LogP contribution in [-0.4, -0.2) is 147 Å². The number of unbranched alkanes of at least 4 members (excludes halogenated alkanes) is 2. The van der Waals surface area contributed by atoms with Crippen LogP contribution in [0, 0.1) is 16.7 Å². The van der Waals surface area contributed by atoms with E-state index in [1.807, 2.05) is 6.92 Å². The number of aliphatic hydroxyl groups excluding tert-OH is 4. The number of fused-ring (bicyclic) bond motifs is 5. The lowest BCUT2D eigenvalue weighted by Gasteiger charge is -2.68. The van der Waals surface area contributed by atoms with Crippen LogP contribution < -0.4 is 5.32 Å². The highest BCUT2D eigenvalue weighted by Crippen LogP contribution is 2.65. The maximum atomic E-state index is 16.2. The van der Waals surface area contributed by atoms with Gasteiger partial charge in [-0.2, -0.15) is 0 Å². The number of carbonyl (C=O) groups excluding carboxylic acids is 6. The number of rotatable bonds is 16. The van der Waals surface area contributed by atoms with Crippen LogP contribution in [0.2, 0.25) is 0 Å². The first kappa shape index (κ1) is 52.7. The van der Waals surface area contributed by atoms with Gasteiger partial charge in [-0.25, -0.2) is 9.59 Å². The van der Waals surface area contributed by atoms with Gasteiger partial charge in [-0.05, 0) is 49.1 Å². The molecule has 0 unspecified atom stereocenters. The molecule has 2 aromatic rings. The van der Waals surface area contributed by atoms with Crippen LogP contribution in [0.4, 0.5) is 0 Å². The molecule has 2 heterocycles. The molecule has 1 amide bonds. The monoisotopic (exact) mass is 979 g/mol. The van der Waals surface area contributed by atoms with Crippen LogP contribution in [-0.2, 0) is 57.1 Å². The van der Waals surface area contributed by atoms with Crippen LogP contribution >= 0.6 is 0 Å².